The van der Waals surface area contributed by atoms with Gasteiger partial charge in [-0.1, -0.05) is 12.1 Å². The molecule has 1 fully saturated rings. The fourth-order valence-corrected chi connectivity index (χ4v) is 2.59. The summed E-state index contributed by atoms with van der Waals surface area (Å²) in [5.41, 5.74) is 12.2. The molecule has 2 aromatic rings. The van der Waals surface area contributed by atoms with E-state index in [-0.39, 0.29) is 11.8 Å². The molecule has 104 valence electrons. The molecule has 0 unspecified atom stereocenters. The fraction of sp³-hybridized carbons (Fsp3) is 0.357. The topological polar surface area (TPSA) is 98.1 Å². The van der Waals surface area contributed by atoms with Crippen LogP contribution in [-0.4, -0.2) is 29.0 Å². The molecule has 6 nitrogen and oxygen atoms in total. The van der Waals surface area contributed by atoms with E-state index in [9.17, 15) is 4.79 Å². The van der Waals surface area contributed by atoms with Crippen molar-refractivity contribution < 1.29 is 4.79 Å². The minimum atomic E-state index is -0.219. The highest BCUT2D eigenvalue weighted by atomic mass is 16.1. The van der Waals surface area contributed by atoms with Crippen molar-refractivity contribution in [3.05, 3.63) is 24.3 Å². The molecule has 20 heavy (non-hydrogen) atoms. The van der Waals surface area contributed by atoms with Crippen LogP contribution in [0.3, 0.4) is 0 Å². The molecule has 1 aromatic carbocycles. The first-order valence-corrected chi connectivity index (χ1v) is 6.71. The van der Waals surface area contributed by atoms with E-state index in [1.54, 1.807) is 0 Å². The average Bonchev–Trinajstić information content (AvgIpc) is 2.47. The minimum Gasteiger partial charge on any atom is -0.383 e. The van der Waals surface area contributed by atoms with Crippen molar-refractivity contribution in [2.75, 3.05) is 23.7 Å². The van der Waals surface area contributed by atoms with Gasteiger partial charge in [0.15, 0.2) is 0 Å². The maximum atomic E-state index is 11.2. The van der Waals surface area contributed by atoms with E-state index in [2.05, 4.69) is 14.9 Å². The van der Waals surface area contributed by atoms with Crippen LogP contribution in [-0.2, 0) is 4.79 Å². The van der Waals surface area contributed by atoms with Crippen LogP contribution in [0.2, 0.25) is 0 Å². The van der Waals surface area contributed by atoms with E-state index >= 15 is 0 Å². The monoisotopic (exact) mass is 271 g/mol. The molecule has 1 aromatic heterocycles. The maximum Gasteiger partial charge on any atom is 0.227 e. The normalized spacial score (nSPS) is 16.5. The number of carbonyl (C=O) groups excluding carboxylic acids is 1. The van der Waals surface area contributed by atoms with Gasteiger partial charge in [0.2, 0.25) is 11.9 Å². The van der Waals surface area contributed by atoms with Crippen LogP contribution in [0.4, 0.5) is 11.8 Å². The molecule has 0 saturated carbocycles. The zero-order chi connectivity index (χ0) is 14.1. The van der Waals surface area contributed by atoms with Gasteiger partial charge >= 0.3 is 0 Å². The highest BCUT2D eigenvalue weighted by Crippen LogP contribution is 2.24. The number of anilines is 2. The lowest BCUT2D eigenvalue weighted by Crippen LogP contribution is -2.39. The van der Waals surface area contributed by atoms with Crippen molar-refractivity contribution in [1.29, 1.82) is 0 Å². The molecule has 4 N–H and O–H groups in total. The number of rotatable bonds is 2. The molecule has 0 aliphatic carbocycles. The molecule has 0 spiro atoms. The van der Waals surface area contributed by atoms with Gasteiger partial charge < -0.3 is 16.4 Å². The Hall–Kier alpha value is -2.37. The molecule has 1 aliphatic heterocycles. The summed E-state index contributed by atoms with van der Waals surface area (Å²) < 4.78 is 0. The zero-order valence-corrected chi connectivity index (χ0v) is 11.1. The quantitative estimate of drug-likeness (QED) is 0.846. The van der Waals surface area contributed by atoms with E-state index in [4.69, 9.17) is 11.5 Å². The summed E-state index contributed by atoms with van der Waals surface area (Å²) in [6, 6.07) is 7.68. The summed E-state index contributed by atoms with van der Waals surface area (Å²) in [4.78, 5) is 22.2. The Balaban J connectivity index is 1.86. The van der Waals surface area contributed by atoms with Crippen LogP contribution in [0.25, 0.3) is 10.9 Å². The maximum absolute atomic E-state index is 11.2. The fourth-order valence-electron chi connectivity index (χ4n) is 2.59. The smallest absolute Gasteiger partial charge is 0.227 e. The Morgan fingerprint density at radius 1 is 1.20 bits per heavy atom. The Morgan fingerprint density at radius 2 is 1.90 bits per heavy atom. The van der Waals surface area contributed by atoms with Crippen LogP contribution < -0.4 is 16.4 Å². The number of nitrogens with zero attached hydrogens (tertiary/aromatic N) is 3. The third-order valence-electron chi connectivity index (χ3n) is 3.80. The van der Waals surface area contributed by atoms with E-state index in [0.717, 1.165) is 36.8 Å². The van der Waals surface area contributed by atoms with Crippen LogP contribution in [0.5, 0.6) is 0 Å². The van der Waals surface area contributed by atoms with Gasteiger partial charge in [-0.15, -0.1) is 0 Å². The number of primary amides is 1. The lowest BCUT2D eigenvalue weighted by molar-refractivity contribution is -0.122. The van der Waals surface area contributed by atoms with Gasteiger partial charge in [0.25, 0.3) is 0 Å². The molecule has 1 amide bonds. The SMILES string of the molecule is NC(=O)C1CCN(c2nc(N)c3ccccc3n2)CC1. The van der Waals surface area contributed by atoms with Gasteiger partial charge in [0.05, 0.1) is 5.52 Å². The summed E-state index contributed by atoms with van der Waals surface area (Å²) in [5, 5.41) is 0.864. The molecule has 0 atom stereocenters. The van der Waals surface area contributed by atoms with E-state index < -0.39 is 0 Å². The Labute approximate surface area is 116 Å². The van der Waals surface area contributed by atoms with Gasteiger partial charge in [-0.3, -0.25) is 4.79 Å². The average molecular weight is 271 g/mol. The van der Waals surface area contributed by atoms with E-state index in [0.29, 0.717) is 11.8 Å². The van der Waals surface area contributed by atoms with Gasteiger partial charge in [-0.25, -0.2) is 4.98 Å². The number of carbonyl (C=O) groups is 1. The number of nitrogens with two attached hydrogens (primary N) is 2. The van der Waals surface area contributed by atoms with Crippen LogP contribution in [0.1, 0.15) is 12.8 Å². The number of amides is 1. The lowest BCUT2D eigenvalue weighted by atomic mass is 9.96. The lowest BCUT2D eigenvalue weighted by Gasteiger charge is -2.30. The van der Waals surface area contributed by atoms with Crippen LogP contribution in [0, 0.1) is 5.92 Å². The molecule has 0 bridgehead atoms. The van der Waals surface area contributed by atoms with E-state index in [1.165, 1.54) is 0 Å². The molecule has 2 heterocycles. The highest BCUT2D eigenvalue weighted by Gasteiger charge is 2.24. The number of hydrogen-bond donors (Lipinski definition) is 2. The first-order valence-electron chi connectivity index (χ1n) is 6.71. The summed E-state index contributed by atoms with van der Waals surface area (Å²) >= 11 is 0. The number of hydrogen-bond acceptors (Lipinski definition) is 5. The summed E-state index contributed by atoms with van der Waals surface area (Å²) in [5.74, 6) is 0.861. The van der Waals surface area contributed by atoms with Crippen LogP contribution >= 0.6 is 0 Å². The molecular formula is C14H17N5O. The summed E-state index contributed by atoms with van der Waals surface area (Å²) in [7, 11) is 0. The first kappa shape index (κ1) is 12.7. The van der Waals surface area contributed by atoms with Crippen molar-refractivity contribution in [1.82, 2.24) is 9.97 Å². The van der Waals surface area contributed by atoms with Crippen molar-refractivity contribution >= 4 is 28.6 Å². The molecular weight excluding hydrogens is 254 g/mol. The Bertz CT molecular complexity index is 649. The van der Waals surface area contributed by atoms with Gasteiger partial charge in [0.1, 0.15) is 5.82 Å². The van der Waals surface area contributed by atoms with Crippen molar-refractivity contribution in [2.45, 2.75) is 12.8 Å². The van der Waals surface area contributed by atoms with E-state index in [1.807, 2.05) is 24.3 Å². The predicted molar refractivity (Wildman–Crippen MR) is 78.1 cm³/mol. The minimum absolute atomic E-state index is 0.0379. The van der Waals surface area contributed by atoms with Gasteiger partial charge in [0, 0.05) is 24.4 Å². The second kappa shape index (κ2) is 4.96. The number of nitrogen functional groups attached to an aromatic ring is 1. The highest BCUT2D eigenvalue weighted by molar-refractivity contribution is 5.88. The largest absolute Gasteiger partial charge is 0.383 e. The molecule has 6 heteroatoms. The van der Waals surface area contributed by atoms with Gasteiger partial charge in [-0.05, 0) is 25.0 Å². The number of piperidine rings is 1. The number of para-hydroxylation sites is 1. The Kier molecular flexibility index (Phi) is 3.14. The number of aromatic nitrogens is 2. The Morgan fingerprint density at radius 3 is 2.60 bits per heavy atom. The third-order valence-corrected chi connectivity index (χ3v) is 3.80. The first-order chi connectivity index (χ1) is 9.65. The second-order valence-electron chi connectivity index (χ2n) is 5.09. The second-order valence-corrected chi connectivity index (χ2v) is 5.09. The standard InChI is InChI=1S/C14H17N5O/c15-12-10-3-1-2-4-11(10)17-14(18-12)19-7-5-9(6-8-19)13(16)20/h1-4,9H,5-8H2,(H2,16,20)(H2,15,17,18). The van der Waals surface area contributed by atoms with Crippen molar-refractivity contribution in [3.63, 3.8) is 0 Å². The molecule has 3 rings (SSSR count). The molecule has 1 saturated heterocycles. The predicted octanol–water partition coefficient (Wildman–Crippen LogP) is 0.914. The number of fused-ring (bicyclic) bond motifs is 1. The summed E-state index contributed by atoms with van der Waals surface area (Å²) in [6.45, 7) is 1.46. The third kappa shape index (κ3) is 2.24. The summed E-state index contributed by atoms with van der Waals surface area (Å²) in [6.07, 6.45) is 1.48. The van der Waals surface area contributed by atoms with Gasteiger partial charge in [-0.2, -0.15) is 4.98 Å². The van der Waals surface area contributed by atoms with Crippen LogP contribution in [0.15, 0.2) is 24.3 Å². The zero-order valence-electron chi connectivity index (χ0n) is 11.1. The number of benzene rings is 1. The van der Waals surface area contributed by atoms with Crippen molar-refractivity contribution in [2.24, 2.45) is 11.7 Å². The molecule has 0 radical (unpaired) electrons. The van der Waals surface area contributed by atoms with Crippen molar-refractivity contribution in [3.8, 4) is 0 Å². The molecule has 1 aliphatic rings.